The number of hydrogen-bond donors (Lipinski definition) is 0. The SMILES string of the molecule is CCCCCCCCCc1ccc(-c2ccc(C(=O)Oc3ccc(CCCCCC)cc3F)cc2)nc1. The maximum absolute atomic E-state index is 14.5. The molecule has 198 valence electrons. The minimum absolute atomic E-state index is 0.0374. The molecule has 0 saturated carbocycles. The average Bonchev–Trinajstić information content (AvgIpc) is 2.92. The number of carbonyl (C=O) groups excluding carboxylic acids is 1. The predicted molar refractivity (Wildman–Crippen MR) is 151 cm³/mol. The zero-order valence-corrected chi connectivity index (χ0v) is 22.6. The fraction of sp³-hybridized carbons (Fsp3) is 0.455. The van der Waals surface area contributed by atoms with E-state index >= 15 is 0 Å². The molecule has 0 unspecified atom stereocenters. The number of carbonyl (C=O) groups is 1. The second-order valence-electron chi connectivity index (χ2n) is 9.97. The van der Waals surface area contributed by atoms with Crippen molar-refractivity contribution >= 4 is 5.97 Å². The first kappa shape index (κ1) is 28.6. The van der Waals surface area contributed by atoms with Gasteiger partial charge in [-0.1, -0.05) is 95.9 Å². The Hall–Kier alpha value is -3.01. The molecule has 0 saturated heterocycles. The lowest BCUT2D eigenvalue weighted by atomic mass is 10.0. The van der Waals surface area contributed by atoms with Crippen LogP contribution in [0.4, 0.5) is 4.39 Å². The average molecular weight is 504 g/mol. The van der Waals surface area contributed by atoms with E-state index in [1.54, 1.807) is 18.2 Å². The van der Waals surface area contributed by atoms with Gasteiger partial charge in [0.1, 0.15) is 0 Å². The molecule has 3 nitrogen and oxygen atoms in total. The van der Waals surface area contributed by atoms with Crippen molar-refractivity contribution in [2.45, 2.75) is 97.3 Å². The molecule has 0 atom stereocenters. The number of pyridine rings is 1. The van der Waals surface area contributed by atoms with Crippen LogP contribution < -0.4 is 4.74 Å². The van der Waals surface area contributed by atoms with Crippen molar-refractivity contribution in [1.29, 1.82) is 0 Å². The summed E-state index contributed by atoms with van der Waals surface area (Å²) in [4.78, 5) is 17.2. The largest absolute Gasteiger partial charge is 0.420 e. The highest BCUT2D eigenvalue weighted by atomic mass is 19.1. The van der Waals surface area contributed by atoms with Crippen molar-refractivity contribution in [2.75, 3.05) is 0 Å². The van der Waals surface area contributed by atoms with E-state index in [1.165, 1.54) is 69.4 Å². The van der Waals surface area contributed by atoms with Crippen LogP contribution in [-0.4, -0.2) is 11.0 Å². The first-order valence-electron chi connectivity index (χ1n) is 14.2. The summed E-state index contributed by atoms with van der Waals surface area (Å²) in [7, 11) is 0. The van der Waals surface area contributed by atoms with E-state index in [9.17, 15) is 9.18 Å². The first-order valence-corrected chi connectivity index (χ1v) is 14.2. The highest BCUT2D eigenvalue weighted by Crippen LogP contribution is 2.23. The van der Waals surface area contributed by atoms with Gasteiger partial charge in [-0.05, 0) is 67.1 Å². The van der Waals surface area contributed by atoms with E-state index in [0.29, 0.717) is 5.56 Å². The van der Waals surface area contributed by atoms with Crippen LogP contribution in [0.25, 0.3) is 11.3 Å². The van der Waals surface area contributed by atoms with Gasteiger partial charge in [-0.15, -0.1) is 0 Å². The molecule has 0 amide bonds. The van der Waals surface area contributed by atoms with E-state index in [1.807, 2.05) is 30.5 Å². The lowest BCUT2D eigenvalue weighted by Crippen LogP contribution is -2.09. The van der Waals surface area contributed by atoms with Gasteiger partial charge in [0.2, 0.25) is 0 Å². The fourth-order valence-electron chi connectivity index (χ4n) is 4.50. The monoisotopic (exact) mass is 503 g/mol. The van der Waals surface area contributed by atoms with Gasteiger partial charge in [0.05, 0.1) is 11.3 Å². The van der Waals surface area contributed by atoms with Gasteiger partial charge in [-0.25, -0.2) is 9.18 Å². The zero-order valence-electron chi connectivity index (χ0n) is 22.6. The molecule has 0 N–H and O–H groups in total. The van der Waals surface area contributed by atoms with Gasteiger partial charge in [-0.3, -0.25) is 4.98 Å². The summed E-state index contributed by atoms with van der Waals surface area (Å²) in [5, 5.41) is 0. The Morgan fingerprint density at radius 2 is 1.32 bits per heavy atom. The Bertz CT molecular complexity index is 1080. The third-order valence-corrected chi connectivity index (χ3v) is 6.83. The summed E-state index contributed by atoms with van der Waals surface area (Å²) < 4.78 is 19.8. The summed E-state index contributed by atoms with van der Waals surface area (Å²) in [6.45, 7) is 4.42. The zero-order chi connectivity index (χ0) is 26.3. The van der Waals surface area contributed by atoms with Gasteiger partial charge in [0.25, 0.3) is 0 Å². The topological polar surface area (TPSA) is 39.2 Å². The molecule has 3 aromatic rings. The number of rotatable bonds is 16. The maximum Gasteiger partial charge on any atom is 0.343 e. The molecule has 0 aliphatic carbocycles. The number of nitrogens with zero attached hydrogens (tertiary/aromatic N) is 1. The van der Waals surface area contributed by atoms with E-state index in [2.05, 4.69) is 24.9 Å². The van der Waals surface area contributed by atoms with Crippen LogP contribution in [-0.2, 0) is 12.8 Å². The van der Waals surface area contributed by atoms with Crippen molar-refractivity contribution in [1.82, 2.24) is 4.98 Å². The van der Waals surface area contributed by atoms with E-state index in [0.717, 1.165) is 42.5 Å². The van der Waals surface area contributed by atoms with Crippen LogP contribution in [0.3, 0.4) is 0 Å². The molecular formula is C33H42FNO2. The van der Waals surface area contributed by atoms with Gasteiger partial charge >= 0.3 is 5.97 Å². The number of hydrogen-bond acceptors (Lipinski definition) is 3. The number of unbranched alkanes of at least 4 members (excludes halogenated alkanes) is 9. The quantitative estimate of drug-likeness (QED) is 0.111. The number of halogens is 1. The van der Waals surface area contributed by atoms with E-state index in [-0.39, 0.29) is 5.75 Å². The minimum atomic E-state index is -0.570. The Morgan fingerprint density at radius 3 is 1.95 bits per heavy atom. The van der Waals surface area contributed by atoms with Gasteiger partial charge < -0.3 is 4.74 Å². The lowest BCUT2D eigenvalue weighted by Gasteiger charge is -2.08. The van der Waals surface area contributed by atoms with Crippen molar-refractivity contribution < 1.29 is 13.9 Å². The Labute approximate surface area is 222 Å². The van der Waals surface area contributed by atoms with Gasteiger partial charge in [-0.2, -0.15) is 0 Å². The van der Waals surface area contributed by atoms with Crippen molar-refractivity contribution in [3.63, 3.8) is 0 Å². The summed E-state index contributed by atoms with van der Waals surface area (Å²) in [5.74, 6) is -1.11. The standard InChI is InChI=1S/C33H42FNO2/c1-3-5-7-9-10-11-13-15-27-16-22-31(35-25-27)28-18-20-29(21-19-28)33(36)37-32-23-17-26(24-30(32)34)14-12-8-6-4-2/h16-25H,3-15H2,1-2H3. The fourth-order valence-corrected chi connectivity index (χ4v) is 4.50. The molecule has 1 aromatic heterocycles. The smallest absolute Gasteiger partial charge is 0.343 e. The summed E-state index contributed by atoms with van der Waals surface area (Å²) >= 11 is 0. The highest BCUT2D eigenvalue weighted by Gasteiger charge is 2.13. The number of aromatic nitrogens is 1. The Kier molecular flexibility index (Phi) is 12.3. The molecule has 0 aliphatic rings. The number of ether oxygens (including phenoxy) is 1. The summed E-state index contributed by atoms with van der Waals surface area (Å²) in [6, 6.07) is 16.1. The minimum Gasteiger partial charge on any atom is -0.420 e. The van der Waals surface area contributed by atoms with Gasteiger partial charge in [0.15, 0.2) is 11.6 Å². The number of benzene rings is 2. The third kappa shape index (κ3) is 9.76. The summed E-state index contributed by atoms with van der Waals surface area (Å²) in [5.41, 5.74) is 4.36. The molecule has 1 heterocycles. The van der Waals surface area contributed by atoms with Crippen LogP contribution in [0.2, 0.25) is 0 Å². The lowest BCUT2D eigenvalue weighted by molar-refractivity contribution is 0.0728. The number of esters is 1. The van der Waals surface area contributed by atoms with Crippen LogP contribution in [0.5, 0.6) is 5.75 Å². The molecule has 0 bridgehead atoms. The van der Waals surface area contributed by atoms with Gasteiger partial charge in [0, 0.05) is 11.8 Å². The molecule has 0 aliphatic heterocycles. The molecule has 3 rings (SSSR count). The second kappa shape index (κ2) is 16.0. The summed E-state index contributed by atoms with van der Waals surface area (Å²) in [6.07, 6.45) is 17.5. The molecule has 2 aromatic carbocycles. The Morgan fingerprint density at radius 1 is 0.730 bits per heavy atom. The van der Waals surface area contributed by atoms with Crippen molar-refractivity contribution in [2.24, 2.45) is 0 Å². The maximum atomic E-state index is 14.5. The molecular weight excluding hydrogens is 461 g/mol. The number of aryl methyl sites for hydroxylation is 2. The molecule has 0 spiro atoms. The molecule has 0 fully saturated rings. The Balaban J connectivity index is 1.48. The highest BCUT2D eigenvalue weighted by molar-refractivity contribution is 5.91. The molecule has 0 radical (unpaired) electrons. The third-order valence-electron chi connectivity index (χ3n) is 6.83. The van der Waals surface area contributed by atoms with E-state index < -0.39 is 11.8 Å². The van der Waals surface area contributed by atoms with Crippen molar-refractivity contribution in [3.05, 3.63) is 83.3 Å². The van der Waals surface area contributed by atoms with Crippen LogP contribution >= 0.6 is 0 Å². The van der Waals surface area contributed by atoms with E-state index in [4.69, 9.17) is 4.74 Å². The van der Waals surface area contributed by atoms with Crippen LogP contribution in [0.1, 0.15) is 106 Å². The first-order chi connectivity index (χ1) is 18.1. The molecule has 37 heavy (non-hydrogen) atoms. The van der Waals surface area contributed by atoms with Crippen LogP contribution in [0, 0.1) is 5.82 Å². The predicted octanol–water partition coefficient (Wildman–Crippen LogP) is 9.52. The molecule has 4 heteroatoms. The van der Waals surface area contributed by atoms with Crippen LogP contribution in [0.15, 0.2) is 60.8 Å². The van der Waals surface area contributed by atoms with Crippen molar-refractivity contribution in [3.8, 4) is 17.0 Å². The normalized spacial score (nSPS) is 11.0. The second-order valence-corrected chi connectivity index (χ2v) is 9.97.